The second-order valence-corrected chi connectivity index (χ2v) is 6.24. The summed E-state index contributed by atoms with van der Waals surface area (Å²) in [6.07, 6.45) is 5.30. The number of amides is 1. The van der Waals surface area contributed by atoms with Gasteiger partial charge in [0.05, 0.1) is 0 Å². The number of hydrogen-bond donors (Lipinski definition) is 2. The van der Waals surface area contributed by atoms with Crippen LogP contribution in [0.4, 0.5) is 0 Å². The van der Waals surface area contributed by atoms with Gasteiger partial charge in [-0.15, -0.1) is 0 Å². The molecule has 0 spiro atoms. The number of rotatable bonds is 4. The van der Waals surface area contributed by atoms with Gasteiger partial charge in [0.15, 0.2) is 0 Å². The number of carbonyl (C=O) groups excluding carboxylic acids is 1. The van der Waals surface area contributed by atoms with E-state index in [1.807, 2.05) is 6.92 Å². The van der Waals surface area contributed by atoms with Gasteiger partial charge in [-0.3, -0.25) is 9.00 Å². The van der Waals surface area contributed by atoms with Gasteiger partial charge in [-0.25, -0.2) is 0 Å². The van der Waals surface area contributed by atoms with Gasteiger partial charge in [-0.1, -0.05) is 0 Å². The normalized spacial score (nSPS) is 29.4. The summed E-state index contributed by atoms with van der Waals surface area (Å²) in [5.41, 5.74) is 5.79. The Hall–Kier alpha value is -0.420. The molecule has 2 unspecified atom stereocenters. The van der Waals surface area contributed by atoms with Gasteiger partial charge in [-0.2, -0.15) is 0 Å². The molecule has 4 nitrogen and oxygen atoms in total. The van der Waals surface area contributed by atoms with Crippen molar-refractivity contribution in [2.75, 3.05) is 12.0 Å². The van der Waals surface area contributed by atoms with Gasteiger partial charge in [0, 0.05) is 40.8 Å². The molecule has 3 N–H and O–H groups in total. The summed E-state index contributed by atoms with van der Waals surface area (Å²) >= 11 is 0. The fraction of sp³-hybridized carbons (Fsp3) is 0.909. The zero-order chi connectivity index (χ0) is 12.1. The maximum atomic E-state index is 11.8. The number of nitrogens with one attached hydrogen (secondary N) is 1. The molecule has 2 atom stereocenters. The topological polar surface area (TPSA) is 72.2 Å². The summed E-state index contributed by atoms with van der Waals surface area (Å²) in [6.45, 7) is 1.90. The predicted molar refractivity (Wildman–Crippen MR) is 66.5 cm³/mol. The molecule has 1 amide bonds. The third kappa shape index (κ3) is 4.61. The fourth-order valence-electron chi connectivity index (χ4n) is 2.14. The molecule has 1 saturated carbocycles. The van der Waals surface area contributed by atoms with E-state index in [1.54, 1.807) is 6.26 Å². The van der Waals surface area contributed by atoms with E-state index in [9.17, 15) is 9.00 Å². The first-order valence-corrected chi connectivity index (χ1v) is 7.57. The molecule has 1 aliphatic carbocycles. The van der Waals surface area contributed by atoms with Crippen LogP contribution in [0.15, 0.2) is 0 Å². The average molecular weight is 246 g/mol. The van der Waals surface area contributed by atoms with E-state index in [1.165, 1.54) is 0 Å². The Morgan fingerprint density at radius 3 is 2.50 bits per heavy atom. The molecule has 0 aromatic carbocycles. The van der Waals surface area contributed by atoms with E-state index < -0.39 is 10.8 Å². The minimum absolute atomic E-state index is 0.00562. The molecule has 0 aromatic heterocycles. The zero-order valence-corrected chi connectivity index (χ0v) is 10.9. The van der Waals surface area contributed by atoms with Gasteiger partial charge >= 0.3 is 0 Å². The number of carbonyl (C=O) groups is 1. The number of nitrogens with two attached hydrogens (primary N) is 1. The third-order valence-electron chi connectivity index (χ3n) is 3.02. The van der Waals surface area contributed by atoms with Gasteiger partial charge in [0.25, 0.3) is 0 Å². The van der Waals surface area contributed by atoms with Crippen molar-refractivity contribution in [1.29, 1.82) is 0 Å². The summed E-state index contributed by atoms with van der Waals surface area (Å²) in [5.74, 6) is 0.732. The van der Waals surface area contributed by atoms with Gasteiger partial charge in [0.2, 0.25) is 5.91 Å². The molecule has 1 aliphatic rings. The van der Waals surface area contributed by atoms with Crippen LogP contribution in [0.5, 0.6) is 0 Å². The molecule has 16 heavy (non-hydrogen) atoms. The van der Waals surface area contributed by atoms with Crippen LogP contribution in [-0.4, -0.2) is 34.2 Å². The Morgan fingerprint density at radius 1 is 1.44 bits per heavy atom. The molecule has 0 bridgehead atoms. The van der Waals surface area contributed by atoms with Gasteiger partial charge in [0.1, 0.15) is 0 Å². The first-order chi connectivity index (χ1) is 7.49. The third-order valence-corrected chi connectivity index (χ3v) is 3.99. The van der Waals surface area contributed by atoms with Crippen molar-refractivity contribution < 1.29 is 9.00 Å². The van der Waals surface area contributed by atoms with Crippen molar-refractivity contribution in [2.24, 2.45) is 11.7 Å². The smallest absolute Gasteiger partial charge is 0.223 e. The SMILES string of the molecule is CC(CS(C)=O)NC(=O)C1CCC(N)CC1. The van der Waals surface area contributed by atoms with E-state index in [2.05, 4.69) is 5.32 Å². The van der Waals surface area contributed by atoms with Crippen LogP contribution in [0.2, 0.25) is 0 Å². The molecular formula is C11H22N2O2S. The minimum atomic E-state index is -0.857. The largest absolute Gasteiger partial charge is 0.352 e. The second-order valence-electron chi connectivity index (χ2n) is 4.76. The molecule has 5 heteroatoms. The Kier molecular flexibility index (Phi) is 5.41. The van der Waals surface area contributed by atoms with Crippen LogP contribution in [0.25, 0.3) is 0 Å². The van der Waals surface area contributed by atoms with Crippen LogP contribution in [0.3, 0.4) is 0 Å². The van der Waals surface area contributed by atoms with E-state index in [-0.39, 0.29) is 23.9 Å². The first kappa shape index (κ1) is 13.6. The van der Waals surface area contributed by atoms with Gasteiger partial charge < -0.3 is 11.1 Å². The van der Waals surface area contributed by atoms with Crippen molar-refractivity contribution in [1.82, 2.24) is 5.32 Å². The molecule has 1 fully saturated rings. The Balaban J connectivity index is 2.32. The Labute approximate surface area is 99.8 Å². The van der Waals surface area contributed by atoms with E-state index in [4.69, 9.17) is 5.73 Å². The Bertz CT molecular complexity index is 263. The van der Waals surface area contributed by atoms with Crippen LogP contribution >= 0.6 is 0 Å². The standard InChI is InChI=1S/C11H22N2O2S/c1-8(7-16(2)15)13-11(14)9-3-5-10(12)6-4-9/h8-10H,3-7,12H2,1-2H3,(H,13,14). The highest BCUT2D eigenvalue weighted by Crippen LogP contribution is 2.23. The highest BCUT2D eigenvalue weighted by atomic mass is 32.2. The summed E-state index contributed by atoms with van der Waals surface area (Å²) in [4.78, 5) is 11.8. The van der Waals surface area contributed by atoms with E-state index >= 15 is 0 Å². The van der Waals surface area contributed by atoms with E-state index in [0.29, 0.717) is 5.75 Å². The number of hydrogen-bond acceptors (Lipinski definition) is 3. The second kappa shape index (κ2) is 6.35. The maximum absolute atomic E-state index is 11.8. The quantitative estimate of drug-likeness (QED) is 0.753. The molecule has 0 aromatic rings. The van der Waals surface area contributed by atoms with Crippen molar-refractivity contribution in [3.8, 4) is 0 Å². The van der Waals surface area contributed by atoms with Crippen LogP contribution in [0.1, 0.15) is 32.6 Å². The first-order valence-electron chi connectivity index (χ1n) is 5.85. The molecule has 1 rings (SSSR count). The van der Waals surface area contributed by atoms with E-state index in [0.717, 1.165) is 25.7 Å². The zero-order valence-electron chi connectivity index (χ0n) is 10.1. The fourth-order valence-corrected chi connectivity index (χ4v) is 2.92. The van der Waals surface area contributed by atoms with Crippen molar-refractivity contribution in [3.05, 3.63) is 0 Å². The average Bonchev–Trinajstić information content (AvgIpc) is 2.16. The lowest BCUT2D eigenvalue weighted by Crippen LogP contribution is -2.42. The lowest BCUT2D eigenvalue weighted by Gasteiger charge is -2.26. The molecule has 0 heterocycles. The molecule has 0 aliphatic heterocycles. The van der Waals surface area contributed by atoms with Crippen molar-refractivity contribution >= 4 is 16.7 Å². The Morgan fingerprint density at radius 2 is 2.00 bits per heavy atom. The summed E-state index contributed by atoms with van der Waals surface area (Å²) < 4.78 is 11.0. The molecule has 0 radical (unpaired) electrons. The summed E-state index contributed by atoms with van der Waals surface area (Å²) in [5, 5.41) is 2.92. The highest BCUT2D eigenvalue weighted by Gasteiger charge is 2.25. The highest BCUT2D eigenvalue weighted by molar-refractivity contribution is 7.84. The predicted octanol–water partition coefficient (Wildman–Crippen LogP) is 0.387. The van der Waals surface area contributed by atoms with Gasteiger partial charge in [-0.05, 0) is 32.6 Å². The molecular weight excluding hydrogens is 224 g/mol. The molecule has 94 valence electrons. The van der Waals surface area contributed by atoms with Crippen LogP contribution < -0.4 is 11.1 Å². The lowest BCUT2D eigenvalue weighted by atomic mass is 9.86. The summed E-state index contributed by atoms with van der Waals surface area (Å²) in [7, 11) is -0.857. The minimum Gasteiger partial charge on any atom is -0.352 e. The molecule has 0 saturated heterocycles. The van der Waals surface area contributed by atoms with Crippen molar-refractivity contribution in [3.63, 3.8) is 0 Å². The monoisotopic (exact) mass is 246 g/mol. The van der Waals surface area contributed by atoms with Crippen LogP contribution in [0, 0.1) is 5.92 Å². The van der Waals surface area contributed by atoms with Crippen molar-refractivity contribution in [2.45, 2.75) is 44.7 Å². The maximum Gasteiger partial charge on any atom is 0.223 e. The summed E-state index contributed by atoms with van der Waals surface area (Å²) in [6, 6.07) is 0.263. The van der Waals surface area contributed by atoms with Crippen LogP contribution in [-0.2, 0) is 15.6 Å². The lowest BCUT2D eigenvalue weighted by molar-refractivity contribution is -0.126.